The lowest BCUT2D eigenvalue weighted by molar-refractivity contribution is -0.114. The number of carbonyl (C=O) groups is 1. The molecular formula is C26H20ClN3O5S2. The zero-order chi connectivity index (χ0) is 26.2. The summed E-state index contributed by atoms with van der Waals surface area (Å²) >= 11 is 5.91. The number of hydrogen-bond acceptors (Lipinski definition) is 5. The number of anilines is 3. The number of nitrogens with zero attached hydrogens (tertiary/aromatic N) is 1. The highest BCUT2D eigenvalue weighted by Gasteiger charge is 2.35. The van der Waals surface area contributed by atoms with Crippen molar-refractivity contribution < 1.29 is 21.6 Å². The van der Waals surface area contributed by atoms with Crippen LogP contribution >= 0.6 is 11.6 Å². The van der Waals surface area contributed by atoms with Crippen LogP contribution in [0.25, 0.3) is 11.1 Å². The van der Waals surface area contributed by atoms with Gasteiger partial charge in [-0.3, -0.25) is 13.8 Å². The van der Waals surface area contributed by atoms with E-state index in [2.05, 4.69) is 10.0 Å². The smallest absolute Gasteiger partial charge is 0.265 e. The molecule has 0 saturated heterocycles. The molecule has 0 fully saturated rings. The van der Waals surface area contributed by atoms with Crippen LogP contribution in [0.5, 0.6) is 0 Å². The van der Waals surface area contributed by atoms with Crippen LogP contribution < -0.4 is 14.3 Å². The molecule has 1 aliphatic rings. The summed E-state index contributed by atoms with van der Waals surface area (Å²) in [6.07, 6.45) is 0. The maximum Gasteiger partial charge on any atom is 0.265 e. The Kier molecular flexibility index (Phi) is 6.40. The van der Waals surface area contributed by atoms with Gasteiger partial charge in [0.2, 0.25) is 5.91 Å². The number of fused-ring (bicyclic) bond motifs is 3. The Morgan fingerprint density at radius 1 is 0.811 bits per heavy atom. The van der Waals surface area contributed by atoms with E-state index in [-0.39, 0.29) is 9.79 Å². The first-order chi connectivity index (χ1) is 17.6. The van der Waals surface area contributed by atoms with Gasteiger partial charge < -0.3 is 5.32 Å². The molecule has 0 aromatic heterocycles. The van der Waals surface area contributed by atoms with E-state index in [0.29, 0.717) is 33.2 Å². The molecule has 1 amide bonds. The first-order valence-corrected chi connectivity index (χ1v) is 14.3. The minimum atomic E-state index is -3.97. The molecule has 8 nitrogen and oxygen atoms in total. The lowest BCUT2D eigenvalue weighted by Gasteiger charge is -2.31. The van der Waals surface area contributed by atoms with Gasteiger partial charge >= 0.3 is 0 Å². The fourth-order valence-corrected chi connectivity index (χ4v) is 6.95. The summed E-state index contributed by atoms with van der Waals surface area (Å²) < 4.78 is 55.6. The first kappa shape index (κ1) is 24.8. The van der Waals surface area contributed by atoms with E-state index in [1.807, 2.05) is 12.1 Å². The van der Waals surface area contributed by atoms with Gasteiger partial charge in [-0.2, -0.15) is 0 Å². The number of rotatable bonds is 6. The normalized spacial score (nSPS) is 13.8. The fourth-order valence-electron chi connectivity index (χ4n) is 4.07. The molecule has 2 N–H and O–H groups in total. The van der Waals surface area contributed by atoms with Crippen molar-refractivity contribution in [2.45, 2.75) is 9.79 Å². The van der Waals surface area contributed by atoms with Crippen molar-refractivity contribution >= 4 is 54.6 Å². The van der Waals surface area contributed by atoms with Crippen molar-refractivity contribution in [3.05, 3.63) is 102 Å². The Bertz CT molecular complexity index is 1720. The zero-order valence-electron chi connectivity index (χ0n) is 19.1. The van der Waals surface area contributed by atoms with E-state index in [1.54, 1.807) is 48.5 Å². The Morgan fingerprint density at radius 3 is 2.22 bits per heavy atom. The summed E-state index contributed by atoms with van der Waals surface area (Å²) in [6, 6.07) is 25.5. The van der Waals surface area contributed by atoms with E-state index in [4.69, 9.17) is 11.6 Å². The topological polar surface area (TPSA) is 113 Å². The molecule has 188 valence electrons. The lowest BCUT2D eigenvalue weighted by Crippen LogP contribution is -2.40. The van der Waals surface area contributed by atoms with Crippen LogP contribution in [0.15, 0.2) is 107 Å². The van der Waals surface area contributed by atoms with E-state index in [9.17, 15) is 21.6 Å². The molecule has 0 unspecified atom stereocenters. The highest BCUT2D eigenvalue weighted by Crippen LogP contribution is 2.42. The number of nitrogens with one attached hydrogen (secondary N) is 2. The molecule has 0 radical (unpaired) electrons. The van der Waals surface area contributed by atoms with E-state index >= 15 is 0 Å². The Labute approximate surface area is 219 Å². The Hall–Kier alpha value is -3.86. The summed E-state index contributed by atoms with van der Waals surface area (Å²) in [5, 5.41) is 3.03. The van der Waals surface area contributed by atoms with Crippen molar-refractivity contribution in [1.82, 2.24) is 0 Å². The zero-order valence-corrected chi connectivity index (χ0v) is 21.5. The summed E-state index contributed by atoms with van der Waals surface area (Å²) in [5.74, 6) is -0.578. The van der Waals surface area contributed by atoms with Gasteiger partial charge in [0, 0.05) is 21.8 Å². The predicted octanol–water partition coefficient (Wildman–Crippen LogP) is 4.96. The predicted molar refractivity (Wildman–Crippen MR) is 144 cm³/mol. The largest absolute Gasteiger partial charge is 0.325 e. The van der Waals surface area contributed by atoms with Crippen molar-refractivity contribution in [3.8, 4) is 11.1 Å². The summed E-state index contributed by atoms with van der Waals surface area (Å²) in [7, 11) is -7.85. The van der Waals surface area contributed by atoms with Gasteiger partial charge in [-0.05, 0) is 54.6 Å². The molecule has 0 saturated carbocycles. The van der Waals surface area contributed by atoms with Crippen LogP contribution in [-0.2, 0) is 24.8 Å². The van der Waals surface area contributed by atoms with Crippen molar-refractivity contribution in [2.24, 2.45) is 0 Å². The number of benzene rings is 4. The standard InChI is InChI=1S/C26H20ClN3O5S2/c27-18-6-5-7-20(16-18)29-36(32,33)21-14-12-19(13-15-21)28-26(31)17-30-24-10-3-1-8-22(24)23-9-2-4-11-25(23)37(30,34)35/h1-16,29H,17H2,(H,28,31). The van der Waals surface area contributed by atoms with Gasteiger partial charge in [-0.25, -0.2) is 16.8 Å². The molecular weight excluding hydrogens is 534 g/mol. The fraction of sp³-hybridized carbons (Fsp3) is 0.0385. The molecule has 11 heteroatoms. The van der Waals surface area contributed by atoms with Crippen molar-refractivity contribution in [1.29, 1.82) is 0 Å². The van der Waals surface area contributed by atoms with E-state index in [1.165, 1.54) is 36.4 Å². The molecule has 0 spiro atoms. The second kappa shape index (κ2) is 9.55. The maximum absolute atomic E-state index is 13.3. The second-order valence-corrected chi connectivity index (χ2v) is 12.2. The van der Waals surface area contributed by atoms with E-state index < -0.39 is 32.5 Å². The number of hydrogen-bond donors (Lipinski definition) is 2. The number of sulfonamides is 2. The highest BCUT2D eigenvalue weighted by atomic mass is 35.5. The van der Waals surface area contributed by atoms with E-state index in [0.717, 1.165) is 4.31 Å². The molecule has 0 bridgehead atoms. The van der Waals surface area contributed by atoms with Gasteiger partial charge in [0.15, 0.2) is 0 Å². The molecule has 37 heavy (non-hydrogen) atoms. The van der Waals surface area contributed by atoms with Crippen molar-refractivity contribution in [3.63, 3.8) is 0 Å². The second-order valence-electron chi connectivity index (χ2n) is 8.21. The van der Waals surface area contributed by atoms with Gasteiger partial charge in [0.05, 0.1) is 21.2 Å². The van der Waals surface area contributed by atoms with Gasteiger partial charge in [0.1, 0.15) is 6.54 Å². The molecule has 1 aliphatic heterocycles. The number of halogens is 1. The Morgan fingerprint density at radius 2 is 1.49 bits per heavy atom. The summed E-state index contributed by atoms with van der Waals surface area (Å²) in [4.78, 5) is 13.0. The van der Waals surface area contributed by atoms with Crippen LogP contribution in [0.2, 0.25) is 5.02 Å². The van der Waals surface area contributed by atoms with Crippen LogP contribution in [0.4, 0.5) is 17.1 Å². The van der Waals surface area contributed by atoms with Crippen LogP contribution in [-0.4, -0.2) is 29.3 Å². The number of carbonyl (C=O) groups excluding carboxylic acids is 1. The van der Waals surface area contributed by atoms with Gasteiger partial charge in [-0.15, -0.1) is 0 Å². The highest BCUT2D eigenvalue weighted by molar-refractivity contribution is 7.93. The van der Waals surface area contributed by atoms with Crippen LogP contribution in [0, 0.1) is 0 Å². The molecule has 1 heterocycles. The minimum Gasteiger partial charge on any atom is -0.325 e. The quantitative estimate of drug-likeness (QED) is 0.350. The van der Waals surface area contributed by atoms with Crippen LogP contribution in [0.3, 0.4) is 0 Å². The average molecular weight is 554 g/mol. The molecule has 4 aromatic carbocycles. The number of para-hydroxylation sites is 1. The SMILES string of the molecule is O=C(CN1c2ccccc2-c2ccccc2S1(=O)=O)Nc1ccc(S(=O)(=O)Nc2cccc(Cl)c2)cc1. The number of amides is 1. The third-order valence-corrected chi connectivity index (χ3v) is 9.18. The van der Waals surface area contributed by atoms with Gasteiger partial charge in [-0.1, -0.05) is 54.1 Å². The average Bonchev–Trinajstić information content (AvgIpc) is 2.87. The third kappa shape index (κ3) is 4.91. The third-order valence-electron chi connectivity index (χ3n) is 5.73. The molecule has 5 rings (SSSR count). The lowest BCUT2D eigenvalue weighted by atomic mass is 10.0. The van der Waals surface area contributed by atoms with Crippen LogP contribution in [0.1, 0.15) is 0 Å². The van der Waals surface area contributed by atoms with Crippen molar-refractivity contribution in [2.75, 3.05) is 20.9 Å². The van der Waals surface area contributed by atoms with Gasteiger partial charge in [0.25, 0.3) is 20.0 Å². The maximum atomic E-state index is 13.3. The molecule has 0 atom stereocenters. The molecule has 0 aliphatic carbocycles. The Balaban J connectivity index is 1.34. The summed E-state index contributed by atoms with van der Waals surface area (Å²) in [6.45, 7) is -0.454. The molecule has 4 aromatic rings. The monoisotopic (exact) mass is 553 g/mol. The first-order valence-electron chi connectivity index (χ1n) is 11.0. The summed E-state index contributed by atoms with van der Waals surface area (Å²) in [5.41, 5.74) is 2.33. The minimum absolute atomic E-state index is 0.0189.